The zero-order chi connectivity index (χ0) is 13.9. The topological polar surface area (TPSA) is 66.8 Å². The van der Waals surface area contributed by atoms with Crippen molar-refractivity contribution in [3.63, 3.8) is 0 Å². The van der Waals surface area contributed by atoms with E-state index in [-0.39, 0.29) is 29.8 Å². The zero-order valence-electron chi connectivity index (χ0n) is 11.1. The molecule has 3 rings (SSSR count). The minimum absolute atomic E-state index is 0.0350. The Morgan fingerprint density at radius 1 is 1.26 bits per heavy atom. The number of carbonyl (C=O) groups is 1. The minimum Gasteiger partial charge on any atom is -0.458 e. The highest BCUT2D eigenvalue weighted by Crippen LogP contribution is 2.52. The lowest BCUT2D eigenvalue weighted by molar-refractivity contribution is -0.143. The van der Waals surface area contributed by atoms with E-state index in [4.69, 9.17) is 4.74 Å². The quantitative estimate of drug-likeness (QED) is 0.390. The fourth-order valence-corrected chi connectivity index (χ4v) is 4.14. The number of rotatable bonds is 0. The number of aliphatic hydroxyl groups is 2. The smallest absolute Gasteiger partial charge is 0.334 e. The molecule has 2 aliphatic carbocycles. The summed E-state index contributed by atoms with van der Waals surface area (Å²) >= 11 is 0. The van der Waals surface area contributed by atoms with Crippen LogP contribution in [0, 0.1) is 23.7 Å². The van der Waals surface area contributed by atoms with E-state index in [1.807, 2.05) is 6.92 Å². The Morgan fingerprint density at radius 3 is 2.63 bits per heavy atom. The van der Waals surface area contributed by atoms with Crippen LogP contribution >= 0.6 is 0 Å². The van der Waals surface area contributed by atoms with Gasteiger partial charge in [-0.15, -0.1) is 0 Å². The van der Waals surface area contributed by atoms with Gasteiger partial charge in [-0.25, -0.2) is 4.79 Å². The van der Waals surface area contributed by atoms with Crippen LogP contribution < -0.4 is 0 Å². The average Bonchev–Trinajstić information content (AvgIpc) is 2.75. The van der Waals surface area contributed by atoms with Gasteiger partial charge in [0.05, 0.1) is 18.1 Å². The standard InChI is InChI=1S/C15H20O4/c1-6-4-11(17)13-8(3)15(18)19-14(13)12-7(2)10(16)5-9(6)12/h7,9-14,16-17H,1,3-5H2,2H3/t7-,9+,10+,11+,12+,13-,14-/m1/s1. The largest absolute Gasteiger partial charge is 0.458 e. The Labute approximate surface area is 112 Å². The van der Waals surface area contributed by atoms with Crippen LogP contribution in [-0.4, -0.2) is 34.5 Å². The first-order valence-electron chi connectivity index (χ1n) is 6.85. The van der Waals surface area contributed by atoms with E-state index >= 15 is 0 Å². The van der Waals surface area contributed by atoms with E-state index in [2.05, 4.69) is 13.2 Å². The van der Waals surface area contributed by atoms with E-state index < -0.39 is 18.2 Å². The molecule has 4 nitrogen and oxygen atoms in total. The molecule has 1 aliphatic heterocycles. The van der Waals surface area contributed by atoms with E-state index in [0.29, 0.717) is 18.4 Å². The molecule has 0 aromatic heterocycles. The molecule has 104 valence electrons. The normalized spacial score (nSPS) is 49.6. The molecule has 0 amide bonds. The fourth-order valence-electron chi connectivity index (χ4n) is 4.14. The summed E-state index contributed by atoms with van der Waals surface area (Å²) in [5, 5.41) is 20.4. The predicted molar refractivity (Wildman–Crippen MR) is 69.0 cm³/mol. The van der Waals surface area contributed by atoms with Crippen LogP contribution in [0.25, 0.3) is 0 Å². The molecule has 2 N–H and O–H groups in total. The molecule has 3 fully saturated rings. The van der Waals surface area contributed by atoms with Crippen LogP contribution in [0.1, 0.15) is 19.8 Å². The van der Waals surface area contributed by atoms with Crippen molar-refractivity contribution in [2.45, 2.75) is 38.1 Å². The third kappa shape index (κ3) is 1.70. The number of ether oxygens (including phenoxy) is 1. The first-order valence-corrected chi connectivity index (χ1v) is 6.85. The lowest BCUT2D eigenvalue weighted by Crippen LogP contribution is -2.36. The molecule has 0 unspecified atom stereocenters. The van der Waals surface area contributed by atoms with Crippen molar-refractivity contribution in [3.8, 4) is 0 Å². The first-order chi connectivity index (χ1) is 8.91. The van der Waals surface area contributed by atoms with Crippen molar-refractivity contribution >= 4 is 5.97 Å². The van der Waals surface area contributed by atoms with Crippen molar-refractivity contribution in [3.05, 3.63) is 24.3 Å². The van der Waals surface area contributed by atoms with Gasteiger partial charge in [-0.3, -0.25) is 0 Å². The zero-order valence-corrected chi connectivity index (χ0v) is 11.1. The van der Waals surface area contributed by atoms with E-state index in [9.17, 15) is 15.0 Å². The van der Waals surface area contributed by atoms with Gasteiger partial charge in [-0.05, 0) is 24.7 Å². The van der Waals surface area contributed by atoms with Crippen molar-refractivity contribution < 1.29 is 19.7 Å². The second kappa shape index (κ2) is 4.18. The average molecular weight is 264 g/mol. The second-order valence-electron chi connectivity index (χ2n) is 6.20. The van der Waals surface area contributed by atoms with E-state index in [0.717, 1.165) is 5.57 Å². The van der Waals surface area contributed by atoms with Crippen LogP contribution in [-0.2, 0) is 9.53 Å². The molecule has 1 heterocycles. The highest BCUT2D eigenvalue weighted by atomic mass is 16.6. The van der Waals surface area contributed by atoms with Gasteiger partial charge in [-0.1, -0.05) is 25.7 Å². The Bertz CT molecular complexity index is 455. The van der Waals surface area contributed by atoms with Crippen LogP contribution in [0.4, 0.5) is 0 Å². The molecular formula is C15H20O4. The van der Waals surface area contributed by atoms with Crippen LogP contribution in [0.15, 0.2) is 24.3 Å². The minimum atomic E-state index is -0.661. The third-order valence-corrected chi connectivity index (χ3v) is 5.23. The number of hydrogen-bond donors (Lipinski definition) is 2. The van der Waals surface area contributed by atoms with Crippen LogP contribution in [0.2, 0.25) is 0 Å². The maximum Gasteiger partial charge on any atom is 0.334 e. The molecule has 0 aromatic rings. The Hall–Kier alpha value is -1.13. The lowest BCUT2D eigenvalue weighted by atomic mass is 9.79. The Balaban J connectivity index is 2.03. The summed E-state index contributed by atoms with van der Waals surface area (Å²) in [7, 11) is 0. The maximum atomic E-state index is 11.7. The van der Waals surface area contributed by atoms with Gasteiger partial charge in [-0.2, -0.15) is 0 Å². The summed E-state index contributed by atoms with van der Waals surface area (Å²) in [6.45, 7) is 9.81. The number of aliphatic hydroxyl groups excluding tert-OH is 2. The van der Waals surface area contributed by atoms with Crippen LogP contribution in [0.5, 0.6) is 0 Å². The Morgan fingerprint density at radius 2 is 1.95 bits per heavy atom. The summed E-state index contributed by atoms with van der Waals surface area (Å²) in [6.07, 6.45) is -0.324. The number of hydrogen-bond acceptors (Lipinski definition) is 4. The van der Waals surface area contributed by atoms with E-state index in [1.54, 1.807) is 0 Å². The van der Waals surface area contributed by atoms with Crippen molar-refractivity contribution in [2.75, 3.05) is 0 Å². The highest BCUT2D eigenvalue weighted by molar-refractivity contribution is 5.91. The molecule has 0 spiro atoms. The van der Waals surface area contributed by atoms with Gasteiger partial charge >= 0.3 is 5.97 Å². The van der Waals surface area contributed by atoms with Crippen LogP contribution in [0.3, 0.4) is 0 Å². The fraction of sp³-hybridized carbons (Fsp3) is 0.667. The number of fused-ring (bicyclic) bond motifs is 3. The van der Waals surface area contributed by atoms with Gasteiger partial charge in [0.15, 0.2) is 0 Å². The number of esters is 1. The van der Waals surface area contributed by atoms with Gasteiger partial charge in [0.1, 0.15) is 6.10 Å². The van der Waals surface area contributed by atoms with Gasteiger partial charge in [0, 0.05) is 11.5 Å². The molecule has 4 heteroatoms. The third-order valence-electron chi connectivity index (χ3n) is 5.23. The summed E-state index contributed by atoms with van der Waals surface area (Å²) in [5.41, 5.74) is 1.32. The lowest BCUT2D eigenvalue weighted by Gasteiger charge is -2.29. The van der Waals surface area contributed by atoms with Crippen molar-refractivity contribution in [2.24, 2.45) is 23.7 Å². The molecular weight excluding hydrogens is 244 g/mol. The van der Waals surface area contributed by atoms with Gasteiger partial charge in [0.2, 0.25) is 0 Å². The van der Waals surface area contributed by atoms with E-state index in [1.165, 1.54) is 0 Å². The summed E-state index contributed by atoms with van der Waals surface area (Å²) in [6, 6.07) is 0. The van der Waals surface area contributed by atoms with Gasteiger partial charge in [0.25, 0.3) is 0 Å². The summed E-state index contributed by atoms with van der Waals surface area (Å²) < 4.78 is 5.46. The molecule has 1 saturated heterocycles. The molecule has 7 atom stereocenters. The van der Waals surface area contributed by atoms with Crippen molar-refractivity contribution in [1.82, 2.24) is 0 Å². The summed E-state index contributed by atoms with van der Waals surface area (Å²) in [4.78, 5) is 11.7. The Kier molecular flexibility index (Phi) is 2.84. The molecule has 2 saturated carbocycles. The molecule has 3 aliphatic rings. The molecule has 0 aromatic carbocycles. The second-order valence-corrected chi connectivity index (χ2v) is 6.20. The first kappa shape index (κ1) is 12.9. The predicted octanol–water partition coefficient (Wildman–Crippen LogP) is 1.04. The summed E-state index contributed by atoms with van der Waals surface area (Å²) in [5.74, 6) is -0.569. The van der Waals surface area contributed by atoms with Crippen molar-refractivity contribution in [1.29, 1.82) is 0 Å². The molecule has 0 radical (unpaired) electrons. The SMILES string of the molecule is C=C1C(=O)O[C@H]2[C@H]1[C@@H](O)CC(=C)[C@@H]1C[C@H](O)[C@@H](C)[C@H]21. The number of carbonyl (C=O) groups excluding carboxylic acids is 1. The molecule has 0 bridgehead atoms. The maximum absolute atomic E-state index is 11.7. The molecule has 19 heavy (non-hydrogen) atoms. The monoisotopic (exact) mass is 264 g/mol. The van der Waals surface area contributed by atoms with Gasteiger partial charge < -0.3 is 14.9 Å². The highest BCUT2D eigenvalue weighted by Gasteiger charge is 2.56.